The van der Waals surface area contributed by atoms with Crippen molar-refractivity contribution >= 4 is 11.8 Å². The molecule has 5 heteroatoms. The Bertz CT molecular complexity index is 1080. The lowest BCUT2D eigenvalue weighted by molar-refractivity contribution is -0.224. The minimum Gasteiger partial charge on any atom is -0.469 e. The predicted octanol–water partition coefficient (Wildman–Crippen LogP) is 6.66. The fraction of sp³-hybridized carbons (Fsp3) is 0.844. The molecular formula is C32H47NO4. The molecule has 0 N–H and O–H groups in total. The first-order chi connectivity index (χ1) is 17.1. The van der Waals surface area contributed by atoms with Crippen molar-refractivity contribution in [3.05, 3.63) is 11.6 Å². The first kappa shape index (κ1) is 26.9. The highest BCUT2D eigenvalue weighted by molar-refractivity contribution is 6.04. The van der Waals surface area contributed by atoms with E-state index < -0.39 is 10.8 Å². The molecular weight excluding hydrogens is 462 g/mol. The number of hydrogen-bond acceptors (Lipinski definition) is 5. The van der Waals surface area contributed by atoms with Crippen LogP contribution >= 0.6 is 0 Å². The monoisotopic (exact) mass is 509 g/mol. The number of nitriles is 1. The number of rotatable bonds is 1. The van der Waals surface area contributed by atoms with Crippen molar-refractivity contribution in [1.82, 2.24) is 0 Å². The van der Waals surface area contributed by atoms with Crippen LogP contribution in [0.5, 0.6) is 0 Å². The molecule has 0 radical (unpaired) electrons. The predicted molar refractivity (Wildman–Crippen MR) is 142 cm³/mol. The highest BCUT2D eigenvalue weighted by Gasteiger charge is 2.70. The van der Waals surface area contributed by atoms with E-state index in [0.717, 1.165) is 51.4 Å². The number of fused-ring (bicyclic) bond motifs is 7. The number of Topliss-reactive ketones (excluding diaryl/α,β-unsaturated/α-hetero) is 1. The summed E-state index contributed by atoms with van der Waals surface area (Å²) in [5.41, 5.74) is -0.900. The van der Waals surface area contributed by atoms with Crippen molar-refractivity contribution in [2.24, 2.45) is 50.2 Å². The topological polar surface area (TPSA) is 76.4 Å². The summed E-state index contributed by atoms with van der Waals surface area (Å²) < 4.78 is 12.4. The van der Waals surface area contributed by atoms with Gasteiger partial charge < -0.3 is 9.47 Å². The minimum atomic E-state index is -0.552. The van der Waals surface area contributed by atoms with Gasteiger partial charge in [-0.05, 0) is 84.9 Å². The maximum atomic E-state index is 13.4. The molecule has 8 atom stereocenters. The zero-order valence-electron chi connectivity index (χ0n) is 24.3. The quantitative estimate of drug-likeness (QED) is 0.370. The van der Waals surface area contributed by atoms with E-state index in [1.807, 2.05) is 0 Å². The van der Waals surface area contributed by atoms with Crippen LogP contribution in [-0.2, 0) is 19.1 Å². The van der Waals surface area contributed by atoms with E-state index in [1.165, 1.54) is 0 Å². The smallest absolute Gasteiger partial charge is 0.312 e. The molecule has 204 valence electrons. The fourth-order valence-electron chi connectivity index (χ4n) is 10.7. The molecule has 1 heterocycles. The number of ketones is 1. The maximum absolute atomic E-state index is 13.4. The molecule has 5 rings (SSSR count). The molecule has 0 spiro atoms. The summed E-state index contributed by atoms with van der Waals surface area (Å²) >= 11 is 0. The third kappa shape index (κ3) is 3.36. The number of allylic oxidation sites excluding steroid dienone is 2. The van der Waals surface area contributed by atoms with Gasteiger partial charge in [-0.25, -0.2) is 0 Å². The average Bonchev–Trinajstić information content (AvgIpc) is 2.95. The largest absolute Gasteiger partial charge is 0.469 e. The van der Waals surface area contributed by atoms with E-state index in [-0.39, 0.29) is 51.4 Å². The maximum Gasteiger partial charge on any atom is 0.312 e. The normalized spacial score (nSPS) is 48.1. The van der Waals surface area contributed by atoms with Gasteiger partial charge in [-0.1, -0.05) is 54.5 Å². The lowest BCUT2D eigenvalue weighted by atomic mass is 9.36. The number of carbonyl (C=O) groups excluding carboxylic acids is 2. The number of methoxy groups -OCH3 is 1. The van der Waals surface area contributed by atoms with Gasteiger partial charge in [-0.2, -0.15) is 5.26 Å². The Labute approximate surface area is 223 Å². The van der Waals surface area contributed by atoms with Crippen molar-refractivity contribution in [2.75, 3.05) is 13.7 Å². The van der Waals surface area contributed by atoms with Gasteiger partial charge in [-0.3, -0.25) is 9.59 Å². The Morgan fingerprint density at radius 1 is 0.973 bits per heavy atom. The molecule has 37 heavy (non-hydrogen) atoms. The lowest BCUT2D eigenvalue weighted by Gasteiger charge is -2.67. The van der Waals surface area contributed by atoms with Gasteiger partial charge in [-0.15, -0.1) is 0 Å². The van der Waals surface area contributed by atoms with Crippen LogP contribution < -0.4 is 0 Å². The number of ether oxygens (including phenoxy) is 2. The van der Waals surface area contributed by atoms with E-state index in [0.29, 0.717) is 18.1 Å². The molecule has 4 fully saturated rings. The zero-order valence-corrected chi connectivity index (χ0v) is 24.3. The van der Waals surface area contributed by atoms with Crippen LogP contribution in [0.3, 0.4) is 0 Å². The minimum absolute atomic E-state index is 0.00000306. The van der Waals surface area contributed by atoms with Gasteiger partial charge in [0, 0.05) is 17.9 Å². The molecule has 5 aliphatic rings. The van der Waals surface area contributed by atoms with Crippen LogP contribution in [-0.4, -0.2) is 31.6 Å². The van der Waals surface area contributed by atoms with Crippen LogP contribution in [0.15, 0.2) is 11.6 Å². The zero-order chi connectivity index (χ0) is 27.2. The summed E-state index contributed by atoms with van der Waals surface area (Å²) in [5.74, 6) is 0.591. The van der Waals surface area contributed by atoms with Crippen molar-refractivity contribution in [3.8, 4) is 6.07 Å². The fourth-order valence-corrected chi connectivity index (χ4v) is 10.7. The van der Waals surface area contributed by atoms with Gasteiger partial charge in [0.1, 0.15) is 6.07 Å². The third-order valence-electron chi connectivity index (χ3n) is 12.9. The molecule has 5 nitrogen and oxygen atoms in total. The Kier molecular flexibility index (Phi) is 5.94. The van der Waals surface area contributed by atoms with Gasteiger partial charge in [0.15, 0.2) is 5.78 Å². The Balaban J connectivity index is 1.63. The molecule has 0 aromatic heterocycles. The van der Waals surface area contributed by atoms with Gasteiger partial charge >= 0.3 is 5.97 Å². The average molecular weight is 510 g/mol. The summed E-state index contributed by atoms with van der Waals surface area (Å²) in [4.78, 5) is 26.7. The van der Waals surface area contributed by atoms with E-state index in [4.69, 9.17) is 9.47 Å². The van der Waals surface area contributed by atoms with Crippen molar-refractivity contribution in [3.63, 3.8) is 0 Å². The second-order valence-electron chi connectivity index (χ2n) is 15.3. The van der Waals surface area contributed by atoms with Crippen molar-refractivity contribution in [1.29, 1.82) is 5.26 Å². The van der Waals surface area contributed by atoms with Crippen LogP contribution in [0.1, 0.15) is 99.8 Å². The number of hydrogen-bond donors (Lipinski definition) is 0. The standard InChI is InChI=1S/C32H47NO4/c1-27(2)12-14-32(26(35)36-8)15-13-31(7)25(21(32)18-27)37-16-10-23-29(5)17-20(19-33)24(34)28(3,4)22(29)9-11-30(23,31)6/h17,21-23,25H,9-16,18H2,1-8H3/t21?,22-,23+,25?,29-,30+,31+,32-/m0/s1. The first-order valence-electron chi connectivity index (χ1n) is 14.5. The van der Waals surface area contributed by atoms with E-state index in [9.17, 15) is 14.9 Å². The Morgan fingerprint density at radius 2 is 1.65 bits per heavy atom. The Morgan fingerprint density at radius 3 is 2.30 bits per heavy atom. The number of nitrogens with zero attached hydrogens (tertiary/aromatic N) is 1. The number of carbonyl (C=O) groups is 2. The first-order valence-corrected chi connectivity index (χ1v) is 14.5. The molecule has 0 aromatic carbocycles. The molecule has 4 aliphatic carbocycles. The van der Waals surface area contributed by atoms with Crippen LogP contribution in [0.4, 0.5) is 0 Å². The van der Waals surface area contributed by atoms with Crippen LogP contribution in [0.2, 0.25) is 0 Å². The lowest BCUT2D eigenvalue weighted by Crippen LogP contribution is -2.66. The highest BCUT2D eigenvalue weighted by atomic mass is 16.5. The van der Waals surface area contributed by atoms with E-state index in [2.05, 4.69) is 60.6 Å². The molecule has 2 unspecified atom stereocenters. The van der Waals surface area contributed by atoms with Gasteiger partial charge in [0.2, 0.25) is 0 Å². The second kappa shape index (κ2) is 8.17. The summed E-state index contributed by atoms with van der Waals surface area (Å²) in [6, 6.07) is 2.26. The molecule has 0 amide bonds. The number of esters is 1. The summed E-state index contributed by atoms with van der Waals surface area (Å²) in [7, 11) is 1.54. The molecule has 1 aliphatic heterocycles. The summed E-state index contributed by atoms with van der Waals surface area (Å²) in [6.45, 7) is 16.7. The summed E-state index contributed by atoms with van der Waals surface area (Å²) in [5, 5.41) is 9.93. The SMILES string of the molecule is COC(=O)[C@]12CCC(C)(C)CC1C1OCC[C@@H]3[C@@]4(C)C=C(C#N)C(=O)C(C)(C)[C@@H]4CC[C@@]3(C)[C@]1(C)CC2. The molecule has 0 aromatic rings. The highest BCUT2D eigenvalue weighted by Crippen LogP contribution is 2.73. The Hall–Kier alpha value is -1.67. The van der Waals surface area contributed by atoms with E-state index >= 15 is 0 Å². The summed E-state index contributed by atoms with van der Waals surface area (Å²) in [6.07, 6.45) is 9.65. The van der Waals surface area contributed by atoms with Gasteiger partial charge in [0.05, 0.1) is 24.2 Å². The molecule has 0 bridgehead atoms. The van der Waals surface area contributed by atoms with E-state index in [1.54, 1.807) is 7.11 Å². The van der Waals surface area contributed by atoms with Crippen molar-refractivity contribution in [2.45, 2.75) is 106 Å². The molecule has 1 saturated heterocycles. The third-order valence-corrected chi connectivity index (χ3v) is 12.9. The van der Waals surface area contributed by atoms with Crippen molar-refractivity contribution < 1.29 is 19.1 Å². The van der Waals surface area contributed by atoms with Crippen LogP contribution in [0.25, 0.3) is 0 Å². The van der Waals surface area contributed by atoms with Gasteiger partial charge in [0.25, 0.3) is 0 Å². The molecule has 3 saturated carbocycles. The van der Waals surface area contributed by atoms with Crippen LogP contribution in [0, 0.1) is 61.6 Å². The second-order valence-corrected chi connectivity index (χ2v) is 15.3.